The summed E-state index contributed by atoms with van der Waals surface area (Å²) in [4.78, 5) is 2.62. The molecule has 2 rings (SSSR count). The molecule has 2 heteroatoms. The van der Waals surface area contributed by atoms with E-state index >= 15 is 0 Å². The summed E-state index contributed by atoms with van der Waals surface area (Å²) >= 11 is 2.49. The molecule has 1 fully saturated rings. The van der Waals surface area contributed by atoms with Crippen LogP contribution < -0.4 is 0 Å². The number of unbranched alkanes of at least 4 members (excludes halogenated alkanes) is 2. The Balaban J connectivity index is 1.62. The average Bonchev–Trinajstić information content (AvgIpc) is 2.46. The van der Waals surface area contributed by atoms with Gasteiger partial charge in [-0.2, -0.15) is 0 Å². The molecular weight excluding hydrogens is 345 g/mol. The first-order valence-electron chi connectivity index (χ1n) is 7.70. The number of benzene rings is 1. The minimum absolute atomic E-state index is 1.00. The SMILES string of the molecule is ICCCCCC1CCN(Cc2ccccc2)CC1. The third-order valence-electron chi connectivity index (χ3n) is 4.20. The van der Waals surface area contributed by atoms with Gasteiger partial charge in [-0.3, -0.25) is 4.90 Å². The number of alkyl halides is 1. The minimum atomic E-state index is 1.00. The van der Waals surface area contributed by atoms with Crippen molar-refractivity contribution >= 4 is 22.6 Å². The van der Waals surface area contributed by atoms with Crippen molar-refractivity contribution in [3.05, 3.63) is 35.9 Å². The van der Waals surface area contributed by atoms with Crippen molar-refractivity contribution in [2.75, 3.05) is 17.5 Å². The highest BCUT2D eigenvalue weighted by molar-refractivity contribution is 14.1. The average molecular weight is 371 g/mol. The zero-order chi connectivity index (χ0) is 13.3. The lowest BCUT2D eigenvalue weighted by atomic mass is 9.91. The van der Waals surface area contributed by atoms with E-state index in [9.17, 15) is 0 Å². The minimum Gasteiger partial charge on any atom is -0.299 e. The summed E-state index contributed by atoms with van der Waals surface area (Å²) in [5, 5.41) is 0. The van der Waals surface area contributed by atoms with E-state index in [1.807, 2.05) is 0 Å². The Morgan fingerprint density at radius 3 is 2.42 bits per heavy atom. The summed E-state index contributed by atoms with van der Waals surface area (Å²) in [7, 11) is 0. The van der Waals surface area contributed by atoms with Gasteiger partial charge in [-0.05, 0) is 48.3 Å². The van der Waals surface area contributed by atoms with Gasteiger partial charge in [-0.25, -0.2) is 0 Å². The Morgan fingerprint density at radius 2 is 1.74 bits per heavy atom. The monoisotopic (exact) mass is 371 g/mol. The van der Waals surface area contributed by atoms with Gasteiger partial charge in [0.05, 0.1) is 0 Å². The van der Waals surface area contributed by atoms with Crippen molar-refractivity contribution in [1.82, 2.24) is 4.90 Å². The van der Waals surface area contributed by atoms with Crippen molar-refractivity contribution in [3.63, 3.8) is 0 Å². The van der Waals surface area contributed by atoms with Crippen molar-refractivity contribution in [3.8, 4) is 0 Å². The van der Waals surface area contributed by atoms with Crippen molar-refractivity contribution in [2.24, 2.45) is 5.92 Å². The number of piperidine rings is 1. The summed E-state index contributed by atoms with van der Waals surface area (Å²) in [6.45, 7) is 3.74. The Hall–Kier alpha value is -0.0900. The quantitative estimate of drug-likeness (QED) is 0.375. The maximum absolute atomic E-state index is 2.62. The van der Waals surface area contributed by atoms with Gasteiger partial charge in [0.1, 0.15) is 0 Å². The number of likely N-dealkylation sites (tertiary alicyclic amines) is 1. The topological polar surface area (TPSA) is 3.24 Å². The largest absolute Gasteiger partial charge is 0.299 e. The van der Waals surface area contributed by atoms with Crippen LogP contribution in [0.5, 0.6) is 0 Å². The van der Waals surface area contributed by atoms with Gasteiger partial charge in [-0.15, -0.1) is 0 Å². The van der Waals surface area contributed by atoms with Crippen LogP contribution in [0.15, 0.2) is 30.3 Å². The maximum atomic E-state index is 2.62. The predicted octanol–water partition coefficient (Wildman–Crippen LogP) is 4.89. The van der Waals surface area contributed by atoms with Crippen LogP contribution in [0.3, 0.4) is 0 Å². The molecular formula is C17H26IN. The normalized spacial score (nSPS) is 17.7. The van der Waals surface area contributed by atoms with Gasteiger partial charge in [0, 0.05) is 6.54 Å². The summed E-state index contributed by atoms with van der Waals surface area (Å²) in [6, 6.07) is 10.9. The van der Waals surface area contributed by atoms with E-state index in [1.54, 1.807) is 0 Å². The highest BCUT2D eigenvalue weighted by Gasteiger charge is 2.18. The molecule has 0 amide bonds. The summed E-state index contributed by atoms with van der Waals surface area (Å²) in [6.07, 6.45) is 8.59. The highest BCUT2D eigenvalue weighted by Crippen LogP contribution is 2.24. The van der Waals surface area contributed by atoms with E-state index in [1.165, 1.54) is 61.6 Å². The first-order valence-corrected chi connectivity index (χ1v) is 9.23. The lowest BCUT2D eigenvalue weighted by molar-refractivity contribution is 0.170. The van der Waals surface area contributed by atoms with Gasteiger partial charge in [0.2, 0.25) is 0 Å². The van der Waals surface area contributed by atoms with Crippen LogP contribution in [0.2, 0.25) is 0 Å². The Morgan fingerprint density at radius 1 is 1.00 bits per heavy atom. The van der Waals surface area contributed by atoms with E-state index in [0.29, 0.717) is 0 Å². The second kappa shape index (κ2) is 8.96. The molecule has 1 saturated heterocycles. The molecule has 0 bridgehead atoms. The number of nitrogens with zero attached hydrogens (tertiary/aromatic N) is 1. The van der Waals surface area contributed by atoms with Gasteiger partial charge in [0.15, 0.2) is 0 Å². The molecule has 1 heterocycles. The van der Waals surface area contributed by atoms with Crippen LogP contribution in [-0.2, 0) is 6.54 Å². The number of hydrogen-bond donors (Lipinski definition) is 0. The third kappa shape index (κ3) is 5.82. The lowest BCUT2D eigenvalue weighted by Gasteiger charge is -2.32. The second-order valence-electron chi connectivity index (χ2n) is 5.74. The molecule has 0 N–H and O–H groups in total. The smallest absolute Gasteiger partial charge is 0.0233 e. The Kier molecular flexibility index (Phi) is 7.21. The number of halogens is 1. The molecule has 106 valence electrons. The van der Waals surface area contributed by atoms with Gasteiger partial charge < -0.3 is 0 Å². The fraction of sp³-hybridized carbons (Fsp3) is 0.647. The van der Waals surface area contributed by atoms with E-state index < -0.39 is 0 Å². The molecule has 1 aliphatic heterocycles. The summed E-state index contributed by atoms with van der Waals surface area (Å²) < 4.78 is 1.33. The predicted molar refractivity (Wildman–Crippen MR) is 91.8 cm³/mol. The molecule has 1 aliphatic rings. The zero-order valence-electron chi connectivity index (χ0n) is 11.9. The van der Waals surface area contributed by atoms with Crippen LogP contribution in [0.4, 0.5) is 0 Å². The molecule has 0 aliphatic carbocycles. The third-order valence-corrected chi connectivity index (χ3v) is 4.96. The molecule has 0 unspecified atom stereocenters. The van der Waals surface area contributed by atoms with Gasteiger partial charge >= 0.3 is 0 Å². The Labute approximate surface area is 131 Å². The van der Waals surface area contributed by atoms with Crippen LogP contribution in [0.25, 0.3) is 0 Å². The molecule has 0 atom stereocenters. The first-order chi connectivity index (χ1) is 9.38. The first kappa shape index (κ1) is 15.3. The van der Waals surface area contributed by atoms with Crippen molar-refractivity contribution in [2.45, 2.75) is 45.1 Å². The fourth-order valence-electron chi connectivity index (χ4n) is 2.98. The molecule has 0 radical (unpaired) electrons. The molecule has 0 spiro atoms. The number of rotatable bonds is 7. The summed E-state index contributed by atoms with van der Waals surface area (Å²) in [5.41, 5.74) is 1.46. The van der Waals surface area contributed by atoms with Crippen molar-refractivity contribution < 1.29 is 0 Å². The lowest BCUT2D eigenvalue weighted by Crippen LogP contribution is -2.33. The zero-order valence-corrected chi connectivity index (χ0v) is 14.0. The fourth-order valence-corrected chi connectivity index (χ4v) is 3.52. The number of hydrogen-bond acceptors (Lipinski definition) is 1. The van der Waals surface area contributed by atoms with Crippen LogP contribution >= 0.6 is 22.6 Å². The molecule has 1 nitrogen and oxygen atoms in total. The molecule has 19 heavy (non-hydrogen) atoms. The van der Waals surface area contributed by atoms with Gasteiger partial charge in [0.25, 0.3) is 0 Å². The summed E-state index contributed by atoms with van der Waals surface area (Å²) in [5.74, 6) is 1.00. The Bertz CT molecular complexity index is 330. The molecule has 0 aromatic heterocycles. The van der Waals surface area contributed by atoms with Crippen LogP contribution in [0, 0.1) is 5.92 Å². The van der Waals surface area contributed by atoms with Crippen LogP contribution in [-0.4, -0.2) is 22.4 Å². The van der Waals surface area contributed by atoms with E-state index in [2.05, 4.69) is 57.8 Å². The molecule has 1 aromatic rings. The van der Waals surface area contributed by atoms with Crippen LogP contribution in [0.1, 0.15) is 44.1 Å². The maximum Gasteiger partial charge on any atom is 0.0233 e. The highest BCUT2D eigenvalue weighted by atomic mass is 127. The van der Waals surface area contributed by atoms with E-state index in [-0.39, 0.29) is 0 Å². The van der Waals surface area contributed by atoms with E-state index in [0.717, 1.165) is 12.5 Å². The van der Waals surface area contributed by atoms with Gasteiger partial charge in [-0.1, -0.05) is 72.2 Å². The second-order valence-corrected chi connectivity index (χ2v) is 6.82. The van der Waals surface area contributed by atoms with E-state index in [4.69, 9.17) is 0 Å². The molecule has 1 aromatic carbocycles. The molecule has 0 saturated carbocycles. The standard InChI is InChI=1S/C17H26IN/c18-12-6-2-5-7-16-10-13-19(14-11-16)15-17-8-3-1-4-9-17/h1,3-4,8-9,16H,2,5-7,10-15H2. The van der Waals surface area contributed by atoms with Crippen molar-refractivity contribution in [1.29, 1.82) is 0 Å².